The molecule has 8 amide bonds. The number of nitrogens with zero attached hydrogens (tertiary/aromatic N) is 2. The predicted octanol–water partition coefficient (Wildman–Crippen LogP) is 8.84. The minimum Gasteiger partial charge on any atom is -0.467 e. The third-order valence-electron chi connectivity index (χ3n) is 16.0. The van der Waals surface area contributed by atoms with Crippen LogP contribution in [0.25, 0.3) is 0 Å². The van der Waals surface area contributed by atoms with Crippen molar-refractivity contribution < 1.29 is 66.9 Å². The van der Waals surface area contributed by atoms with Gasteiger partial charge in [-0.15, -0.1) is 0 Å². The maximum Gasteiger partial charge on any atom is 0.408 e. The van der Waals surface area contributed by atoms with Crippen LogP contribution in [0.4, 0.5) is 9.59 Å². The summed E-state index contributed by atoms with van der Waals surface area (Å²) >= 11 is 12.1. The first-order chi connectivity index (χ1) is 45.4. The Kier molecular flexibility index (Phi) is 26.3. The largest absolute Gasteiger partial charge is 0.467 e. The van der Waals surface area contributed by atoms with Gasteiger partial charge in [-0.05, 0) is 144 Å². The van der Waals surface area contributed by atoms with Gasteiger partial charge in [-0.1, -0.05) is 108 Å². The van der Waals surface area contributed by atoms with Crippen molar-refractivity contribution in [3.8, 4) is 0 Å². The smallest absolute Gasteiger partial charge is 0.408 e. The summed E-state index contributed by atoms with van der Waals surface area (Å²) in [6.07, 6.45) is 1.01. The molecule has 0 unspecified atom stereocenters. The molecule has 494 valence electrons. The molecule has 0 saturated heterocycles. The minimum atomic E-state index is -1.06. The van der Waals surface area contributed by atoms with Gasteiger partial charge in [0, 0.05) is 75.2 Å². The van der Waals surface area contributed by atoms with Crippen molar-refractivity contribution in [3.05, 3.63) is 210 Å². The van der Waals surface area contributed by atoms with Crippen LogP contribution in [0.1, 0.15) is 137 Å². The molecule has 8 rings (SSSR count). The Balaban J connectivity index is 0.847. The topological polar surface area (TPSA) is 286 Å². The number of unbranched alkanes of at least 4 members (excludes halogenated alkanes) is 1. The van der Waals surface area contributed by atoms with E-state index in [1.54, 1.807) is 107 Å². The first-order valence-electron chi connectivity index (χ1n) is 31.0. The lowest BCUT2D eigenvalue weighted by atomic mass is 9.98. The summed E-state index contributed by atoms with van der Waals surface area (Å²) < 4.78 is 20.4. The van der Waals surface area contributed by atoms with Gasteiger partial charge >= 0.3 is 24.1 Å². The van der Waals surface area contributed by atoms with Crippen molar-refractivity contribution in [2.45, 2.75) is 116 Å². The molecule has 6 aromatic rings. The summed E-state index contributed by atoms with van der Waals surface area (Å²) in [4.78, 5) is 137. The van der Waals surface area contributed by atoms with E-state index in [-0.39, 0.29) is 138 Å². The van der Waals surface area contributed by atoms with Gasteiger partial charge in [0.05, 0.1) is 36.5 Å². The fourth-order valence-corrected chi connectivity index (χ4v) is 11.1. The van der Waals surface area contributed by atoms with Crippen molar-refractivity contribution in [1.29, 1.82) is 0 Å². The van der Waals surface area contributed by atoms with Crippen LogP contribution in [0.2, 0.25) is 10.0 Å². The van der Waals surface area contributed by atoms with Crippen LogP contribution in [-0.4, -0.2) is 122 Å². The Morgan fingerprint density at radius 3 is 1.05 bits per heavy atom. The lowest BCUT2D eigenvalue weighted by Crippen LogP contribution is -2.42. The van der Waals surface area contributed by atoms with Crippen LogP contribution in [0, 0.1) is 0 Å². The molecule has 2 atom stereocenters. The summed E-state index contributed by atoms with van der Waals surface area (Å²) in [7, 11) is 2.40. The maximum absolute atomic E-state index is 14.0. The molecule has 24 heteroatoms. The van der Waals surface area contributed by atoms with Crippen LogP contribution in [0.15, 0.2) is 133 Å². The van der Waals surface area contributed by atoms with Gasteiger partial charge in [-0.25, -0.2) is 19.2 Å². The monoisotopic (exact) mass is 1320 g/mol. The number of esters is 2. The van der Waals surface area contributed by atoms with Crippen LogP contribution in [0.3, 0.4) is 0 Å². The van der Waals surface area contributed by atoms with E-state index in [1.165, 1.54) is 14.2 Å². The van der Waals surface area contributed by atoms with E-state index in [4.69, 9.17) is 42.1 Å². The van der Waals surface area contributed by atoms with Crippen LogP contribution in [-0.2, 0) is 90.4 Å². The molecule has 2 aliphatic heterocycles. The molecule has 0 spiro atoms. The van der Waals surface area contributed by atoms with E-state index in [0.29, 0.717) is 58.0 Å². The van der Waals surface area contributed by atoms with E-state index in [1.807, 2.05) is 36.4 Å². The molecule has 0 saturated carbocycles. The van der Waals surface area contributed by atoms with Gasteiger partial charge in [0.25, 0.3) is 23.6 Å². The number of halogens is 2. The van der Waals surface area contributed by atoms with Crippen LogP contribution in [0.5, 0.6) is 0 Å². The molecule has 0 aliphatic carbocycles. The van der Waals surface area contributed by atoms with Crippen molar-refractivity contribution in [1.82, 2.24) is 41.7 Å². The molecule has 0 fully saturated rings. The summed E-state index contributed by atoms with van der Waals surface area (Å²) in [6.45, 7) is 1.33. The second-order valence-electron chi connectivity index (χ2n) is 22.7. The number of alkyl carbamates (subject to hydrolysis) is 2. The normalized spacial score (nSPS) is 12.6. The summed E-state index contributed by atoms with van der Waals surface area (Å²) in [6, 6.07) is 36.9. The zero-order chi connectivity index (χ0) is 66.9. The Morgan fingerprint density at radius 2 is 0.734 bits per heavy atom. The quantitative estimate of drug-likeness (QED) is 0.0135. The van der Waals surface area contributed by atoms with E-state index in [9.17, 15) is 47.9 Å². The van der Waals surface area contributed by atoms with Crippen molar-refractivity contribution >= 4 is 82.8 Å². The first-order valence-corrected chi connectivity index (χ1v) is 31.8. The molecule has 94 heavy (non-hydrogen) atoms. The van der Waals surface area contributed by atoms with E-state index < -0.39 is 59.8 Å². The molecule has 2 heterocycles. The fraction of sp³-hybridized carbons (Fsp3) is 0.343. The Labute approximate surface area is 555 Å². The molecular formula is C70H76Cl2N8O14. The van der Waals surface area contributed by atoms with Gasteiger partial charge in [-0.3, -0.25) is 28.8 Å². The fourth-order valence-electron chi connectivity index (χ4n) is 10.8. The lowest BCUT2D eigenvalue weighted by Gasteiger charge is -2.17. The molecule has 0 aromatic heterocycles. The molecule has 0 bridgehead atoms. The van der Waals surface area contributed by atoms with E-state index in [0.717, 1.165) is 22.3 Å². The molecule has 6 aromatic carbocycles. The molecular weight excluding hydrogens is 1250 g/mol. The first kappa shape index (κ1) is 70.1. The molecule has 2 aliphatic rings. The number of carbonyl (C=O) groups excluding carboxylic acids is 10. The molecule has 0 radical (unpaired) electrons. The Morgan fingerprint density at radius 1 is 0.415 bits per heavy atom. The number of benzene rings is 6. The number of hydrogen-bond acceptors (Lipinski definition) is 14. The van der Waals surface area contributed by atoms with Crippen LogP contribution < -0.4 is 31.9 Å². The second kappa shape index (κ2) is 35.3. The SMILES string of the molecule is COC(=O)[C@H](CCCNC(=O)c1cc2c(cc1C(=O)NCCc1ccc(Cl)cc1)CN(C(=O)CCCCC(=O)N1Cc3cc(C(=O)NCCC[C@H](NC(=O)OCc4ccccc4)C(=O)OC)c(C(=O)NCCc4ccc(Cl)cc4)cc3C1)C2)NC(=O)OCc1ccccc1. The Bertz CT molecular complexity index is 3430. The Hall–Kier alpha value is -9.80. The number of rotatable bonds is 31. The average Bonchev–Trinajstić information content (AvgIpc) is 1.61. The number of ether oxygens (including phenoxy) is 4. The number of nitrogens with one attached hydrogen (secondary N) is 6. The second-order valence-corrected chi connectivity index (χ2v) is 23.5. The van der Waals surface area contributed by atoms with Gasteiger partial charge in [0.1, 0.15) is 25.3 Å². The van der Waals surface area contributed by atoms with Gasteiger partial charge in [0.15, 0.2) is 0 Å². The summed E-state index contributed by atoms with van der Waals surface area (Å²) in [5, 5.41) is 17.7. The third-order valence-corrected chi connectivity index (χ3v) is 16.5. The van der Waals surface area contributed by atoms with E-state index >= 15 is 0 Å². The van der Waals surface area contributed by atoms with Crippen molar-refractivity contribution in [2.75, 3.05) is 40.4 Å². The predicted molar refractivity (Wildman–Crippen MR) is 349 cm³/mol. The average molecular weight is 1320 g/mol. The highest BCUT2D eigenvalue weighted by atomic mass is 35.5. The highest BCUT2D eigenvalue weighted by molar-refractivity contribution is 6.30. The van der Waals surface area contributed by atoms with Gasteiger partial charge in [0.2, 0.25) is 11.8 Å². The summed E-state index contributed by atoms with van der Waals surface area (Å²) in [5.41, 5.74) is 6.53. The minimum absolute atomic E-state index is 0.0107. The van der Waals surface area contributed by atoms with Gasteiger partial charge < -0.3 is 60.6 Å². The lowest BCUT2D eigenvalue weighted by molar-refractivity contribution is -0.144. The van der Waals surface area contributed by atoms with Crippen LogP contribution >= 0.6 is 23.2 Å². The standard InChI is InChI=1S/C70H76Cl2N8O14/c1-91-67(87)59(77-69(89)93-43-47-13-5-3-6-14-47)17-11-31-73-63(83)55-35-49-39-79(41-51(49)37-57(55)65(85)75-33-29-45-21-25-53(71)26-22-45)61(81)19-9-10-20-62(82)80-40-50-36-56(58(38-52(50)42-80)66(86)76-34-30-46-23-27-54(72)28-24-46)64(84)74-32-12-18-60(68(88)92-2)78-70(90)94-44-48-15-7-4-8-16-48/h3-8,13-16,21-28,35-38,59-60H,9-12,17-20,29-34,39-44H2,1-2H3,(H,73,83)(H,74,84)(H,75,85)(H,76,86)(H,77,89)(H,78,90)/t59-,60-/m0/s1. The molecule has 6 N–H and O–H groups in total. The zero-order valence-electron chi connectivity index (χ0n) is 52.4. The number of amides is 8. The van der Waals surface area contributed by atoms with Crippen molar-refractivity contribution in [2.24, 2.45) is 0 Å². The number of carbonyl (C=O) groups is 10. The molecule has 22 nitrogen and oxygen atoms in total. The number of hydrogen-bond donors (Lipinski definition) is 6. The van der Waals surface area contributed by atoms with E-state index in [2.05, 4.69) is 31.9 Å². The van der Waals surface area contributed by atoms with Crippen molar-refractivity contribution in [3.63, 3.8) is 0 Å². The summed E-state index contributed by atoms with van der Waals surface area (Å²) in [5.74, 6) is -3.86. The number of fused-ring (bicyclic) bond motifs is 2. The highest BCUT2D eigenvalue weighted by Gasteiger charge is 2.31. The van der Waals surface area contributed by atoms with Gasteiger partial charge in [-0.2, -0.15) is 0 Å². The highest BCUT2D eigenvalue weighted by Crippen LogP contribution is 2.30. The third kappa shape index (κ3) is 20.9. The maximum atomic E-state index is 14.0. The number of methoxy groups -OCH3 is 2. The zero-order valence-corrected chi connectivity index (χ0v) is 53.9.